The minimum atomic E-state index is -0.244. The third-order valence-corrected chi connectivity index (χ3v) is 7.15. The van der Waals surface area contributed by atoms with E-state index in [0.717, 1.165) is 33.4 Å². The number of para-hydroxylation sites is 1. The molecule has 1 aliphatic rings. The molecule has 162 valence electrons. The summed E-state index contributed by atoms with van der Waals surface area (Å²) in [4.78, 5) is 14.3. The van der Waals surface area contributed by atoms with E-state index in [1.54, 1.807) is 22.6 Å². The van der Waals surface area contributed by atoms with Gasteiger partial charge < -0.3 is 4.42 Å². The largest absolute Gasteiger partial charge is 0.467 e. The lowest BCUT2D eigenvalue weighted by atomic mass is 10.1. The first-order valence-corrected chi connectivity index (χ1v) is 12.1. The summed E-state index contributed by atoms with van der Waals surface area (Å²) >= 11 is 2.99. The Morgan fingerprint density at radius 1 is 1.16 bits per heavy atom. The predicted molar refractivity (Wildman–Crippen MR) is 125 cm³/mol. The summed E-state index contributed by atoms with van der Waals surface area (Å²) in [6.07, 6.45) is 2.26. The minimum Gasteiger partial charge on any atom is -0.467 e. The summed E-state index contributed by atoms with van der Waals surface area (Å²) in [5.74, 6) is 1.61. The van der Waals surface area contributed by atoms with Gasteiger partial charge in [-0.25, -0.2) is 5.01 Å². The molecular weight excluding hydrogens is 442 g/mol. The molecule has 0 saturated carbocycles. The minimum absolute atomic E-state index is 0.0973. The molecule has 0 saturated heterocycles. The van der Waals surface area contributed by atoms with Crippen molar-refractivity contribution in [3.63, 3.8) is 0 Å². The van der Waals surface area contributed by atoms with Gasteiger partial charge in [-0.3, -0.25) is 9.36 Å². The number of thiophene rings is 1. The molecule has 0 spiro atoms. The fourth-order valence-electron chi connectivity index (χ4n) is 3.75. The number of furan rings is 1. The Morgan fingerprint density at radius 2 is 2.03 bits per heavy atom. The highest BCUT2D eigenvalue weighted by atomic mass is 32.2. The van der Waals surface area contributed by atoms with E-state index in [1.165, 1.54) is 11.8 Å². The molecule has 0 radical (unpaired) electrons. The third-order valence-electron chi connectivity index (χ3n) is 5.32. The van der Waals surface area contributed by atoms with Gasteiger partial charge in [0, 0.05) is 6.42 Å². The molecule has 7 nitrogen and oxygen atoms in total. The molecule has 1 atom stereocenters. The average Bonchev–Trinajstić information content (AvgIpc) is 3.59. The van der Waals surface area contributed by atoms with Crippen LogP contribution in [0.3, 0.4) is 0 Å². The Balaban J connectivity index is 1.38. The Kier molecular flexibility index (Phi) is 5.67. The molecule has 0 fully saturated rings. The molecule has 4 heterocycles. The lowest BCUT2D eigenvalue weighted by Crippen LogP contribution is -2.28. The van der Waals surface area contributed by atoms with Crippen molar-refractivity contribution in [1.82, 2.24) is 19.8 Å². The molecule has 1 aromatic carbocycles. The van der Waals surface area contributed by atoms with Crippen LogP contribution in [0.25, 0.3) is 5.69 Å². The van der Waals surface area contributed by atoms with Crippen molar-refractivity contribution < 1.29 is 9.21 Å². The van der Waals surface area contributed by atoms with Gasteiger partial charge >= 0.3 is 0 Å². The second kappa shape index (κ2) is 8.76. The maximum Gasteiger partial charge on any atom is 0.253 e. The van der Waals surface area contributed by atoms with Gasteiger partial charge in [0.2, 0.25) is 0 Å². The molecule has 0 N–H and O–H groups in total. The first kappa shape index (κ1) is 20.7. The van der Waals surface area contributed by atoms with Gasteiger partial charge in [-0.05, 0) is 49.1 Å². The maximum absolute atomic E-state index is 13.3. The van der Waals surface area contributed by atoms with Crippen molar-refractivity contribution in [2.45, 2.75) is 31.5 Å². The smallest absolute Gasteiger partial charge is 0.253 e. The van der Waals surface area contributed by atoms with Crippen LogP contribution in [0.2, 0.25) is 0 Å². The van der Waals surface area contributed by atoms with E-state index in [-0.39, 0.29) is 17.7 Å². The molecule has 0 bridgehead atoms. The van der Waals surface area contributed by atoms with E-state index in [2.05, 4.69) is 15.3 Å². The van der Waals surface area contributed by atoms with Gasteiger partial charge in [-0.15, -0.1) is 21.5 Å². The number of benzene rings is 1. The quantitative estimate of drug-likeness (QED) is 0.376. The fraction of sp³-hybridized carbons (Fsp3) is 0.217. The van der Waals surface area contributed by atoms with Crippen LogP contribution in [0.1, 0.15) is 34.5 Å². The zero-order chi connectivity index (χ0) is 22.1. The number of nitrogens with zero attached hydrogens (tertiary/aromatic N) is 5. The van der Waals surface area contributed by atoms with Gasteiger partial charge in [0.25, 0.3) is 5.91 Å². The molecule has 9 heteroatoms. The topological polar surface area (TPSA) is 76.5 Å². The average molecular weight is 464 g/mol. The maximum atomic E-state index is 13.3. The number of aromatic nitrogens is 3. The summed E-state index contributed by atoms with van der Waals surface area (Å²) in [5, 5.41) is 17.5. The predicted octanol–water partition coefficient (Wildman–Crippen LogP) is 5.01. The molecule has 3 aromatic heterocycles. The highest BCUT2D eigenvalue weighted by Crippen LogP contribution is 2.35. The normalized spacial score (nSPS) is 15.9. The van der Waals surface area contributed by atoms with Crippen LogP contribution in [-0.4, -0.2) is 37.1 Å². The van der Waals surface area contributed by atoms with Crippen LogP contribution in [0.5, 0.6) is 0 Å². The second-order valence-electron chi connectivity index (χ2n) is 7.44. The molecule has 1 amide bonds. The number of hydrogen-bond donors (Lipinski definition) is 0. The SMILES string of the molecule is Cc1ccccc1-n1c(C)nnc1SCC(=O)N1N=C(c2cccs2)CC1c1ccco1. The van der Waals surface area contributed by atoms with Crippen molar-refractivity contribution in [3.8, 4) is 5.69 Å². The summed E-state index contributed by atoms with van der Waals surface area (Å²) < 4.78 is 7.61. The van der Waals surface area contributed by atoms with Crippen LogP contribution in [0.15, 0.2) is 74.8 Å². The van der Waals surface area contributed by atoms with E-state index in [1.807, 2.05) is 72.3 Å². The molecule has 1 aliphatic heterocycles. The van der Waals surface area contributed by atoms with Crippen molar-refractivity contribution in [2.24, 2.45) is 5.10 Å². The Bertz CT molecular complexity index is 1260. The van der Waals surface area contributed by atoms with Crippen molar-refractivity contribution in [2.75, 3.05) is 5.75 Å². The summed E-state index contributed by atoms with van der Waals surface area (Å²) in [6, 6.07) is 15.6. The van der Waals surface area contributed by atoms with Crippen LogP contribution in [0, 0.1) is 13.8 Å². The summed E-state index contributed by atoms with van der Waals surface area (Å²) in [7, 11) is 0. The van der Waals surface area contributed by atoms with E-state index in [9.17, 15) is 4.79 Å². The Morgan fingerprint density at radius 3 is 2.78 bits per heavy atom. The van der Waals surface area contributed by atoms with E-state index < -0.39 is 0 Å². The van der Waals surface area contributed by atoms with Crippen molar-refractivity contribution >= 4 is 34.7 Å². The number of hydrazone groups is 1. The number of aryl methyl sites for hydroxylation is 2. The highest BCUT2D eigenvalue weighted by molar-refractivity contribution is 7.99. The van der Waals surface area contributed by atoms with E-state index in [0.29, 0.717) is 11.6 Å². The first-order chi connectivity index (χ1) is 15.6. The summed E-state index contributed by atoms with van der Waals surface area (Å²) in [6.45, 7) is 3.96. The number of rotatable bonds is 6. The number of carbonyl (C=O) groups is 1. The van der Waals surface area contributed by atoms with Crippen LogP contribution >= 0.6 is 23.1 Å². The molecule has 4 aromatic rings. The zero-order valence-electron chi connectivity index (χ0n) is 17.6. The van der Waals surface area contributed by atoms with Crippen LogP contribution < -0.4 is 0 Å². The van der Waals surface area contributed by atoms with Crippen LogP contribution in [-0.2, 0) is 4.79 Å². The Hall–Kier alpha value is -3.17. The number of thioether (sulfide) groups is 1. The molecule has 0 aliphatic carbocycles. The first-order valence-electron chi connectivity index (χ1n) is 10.2. The van der Waals surface area contributed by atoms with Crippen molar-refractivity contribution in [3.05, 3.63) is 82.2 Å². The molecular formula is C23H21N5O2S2. The second-order valence-corrected chi connectivity index (χ2v) is 9.33. The third kappa shape index (κ3) is 3.89. The number of amides is 1. The lowest BCUT2D eigenvalue weighted by Gasteiger charge is -2.19. The monoisotopic (exact) mass is 463 g/mol. The standard InChI is InChI=1S/C23H21N5O2S2/c1-15-7-3-4-8-18(15)27-16(2)24-25-23(27)32-14-22(29)28-19(20-9-5-11-30-20)13-17(26-28)21-10-6-12-31-21/h3-12,19H,13-14H2,1-2H3. The van der Waals surface area contributed by atoms with Crippen LogP contribution in [0.4, 0.5) is 0 Å². The number of carbonyl (C=O) groups excluding carboxylic acids is 1. The zero-order valence-corrected chi connectivity index (χ0v) is 19.3. The molecule has 32 heavy (non-hydrogen) atoms. The molecule has 1 unspecified atom stereocenters. The van der Waals surface area contributed by atoms with Gasteiger partial charge in [0.15, 0.2) is 5.16 Å². The summed E-state index contributed by atoms with van der Waals surface area (Å²) in [5.41, 5.74) is 3.03. The van der Waals surface area contributed by atoms with Crippen molar-refractivity contribution in [1.29, 1.82) is 0 Å². The van der Waals surface area contributed by atoms with E-state index in [4.69, 9.17) is 4.42 Å². The fourth-order valence-corrected chi connectivity index (χ4v) is 5.32. The van der Waals surface area contributed by atoms with Gasteiger partial charge in [0.1, 0.15) is 17.6 Å². The Labute approximate surface area is 193 Å². The van der Waals surface area contributed by atoms with Gasteiger partial charge in [0.05, 0.1) is 28.3 Å². The molecule has 5 rings (SSSR count). The van der Waals surface area contributed by atoms with E-state index >= 15 is 0 Å². The van der Waals surface area contributed by atoms with Gasteiger partial charge in [-0.1, -0.05) is 36.0 Å². The number of hydrogen-bond acceptors (Lipinski definition) is 7. The lowest BCUT2D eigenvalue weighted by molar-refractivity contribution is -0.130. The van der Waals surface area contributed by atoms with Gasteiger partial charge in [-0.2, -0.15) is 5.10 Å². The highest BCUT2D eigenvalue weighted by Gasteiger charge is 2.35.